The van der Waals surface area contributed by atoms with Crippen molar-refractivity contribution in [2.24, 2.45) is 7.05 Å². The van der Waals surface area contributed by atoms with Crippen LogP contribution >= 0.6 is 0 Å². The number of hydrogen-bond donors (Lipinski definition) is 0. The van der Waals surface area contributed by atoms with Crippen molar-refractivity contribution in [3.05, 3.63) is 47.8 Å². The molecule has 0 saturated carbocycles. The van der Waals surface area contributed by atoms with Gasteiger partial charge in [0.1, 0.15) is 17.0 Å². The van der Waals surface area contributed by atoms with Gasteiger partial charge in [-0.25, -0.2) is 18.4 Å². The van der Waals surface area contributed by atoms with Gasteiger partial charge in [0.2, 0.25) is 0 Å². The minimum atomic E-state index is -3.53. The number of carbonyl (C=O) groups excluding carboxylic acids is 1. The first-order valence-electron chi connectivity index (χ1n) is 10.3. The molecule has 0 radical (unpaired) electrons. The molecule has 1 aliphatic rings. The number of sulfone groups is 1. The van der Waals surface area contributed by atoms with Crippen LogP contribution in [0.15, 0.2) is 35.6 Å². The molecule has 0 unspecified atom stereocenters. The molecule has 166 valence electrons. The first-order chi connectivity index (χ1) is 15.2. The van der Waals surface area contributed by atoms with E-state index in [1.54, 1.807) is 4.90 Å². The van der Waals surface area contributed by atoms with Gasteiger partial charge in [-0.3, -0.25) is 4.79 Å². The molecule has 1 amide bonds. The second-order valence-electron chi connectivity index (χ2n) is 8.26. The molecule has 1 aromatic carbocycles. The summed E-state index contributed by atoms with van der Waals surface area (Å²) in [5.74, 6) is 0.924. The lowest BCUT2D eigenvalue weighted by atomic mass is 9.94. The highest BCUT2D eigenvalue weighted by atomic mass is 32.2. The Kier molecular flexibility index (Phi) is 4.73. The molecule has 4 aromatic rings. The molecule has 0 spiro atoms. The molecule has 1 atom stereocenters. The van der Waals surface area contributed by atoms with Crippen LogP contribution in [0.3, 0.4) is 0 Å². The van der Waals surface area contributed by atoms with Crippen molar-refractivity contribution in [3.8, 4) is 0 Å². The van der Waals surface area contributed by atoms with Gasteiger partial charge in [-0.05, 0) is 38.0 Å². The monoisotopic (exact) mass is 453 g/mol. The van der Waals surface area contributed by atoms with Crippen LogP contribution in [0.5, 0.6) is 0 Å². The van der Waals surface area contributed by atoms with Crippen molar-refractivity contribution in [2.75, 3.05) is 19.3 Å². The van der Waals surface area contributed by atoms with E-state index in [2.05, 4.69) is 20.1 Å². The van der Waals surface area contributed by atoms with E-state index in [4.69, 9.17) is 0 Å². The lowest BCUT2D eigenvalue weighted by Crippen LogP contribution is -2.40. The van der Waals surface area contributed by atoms with Crippen molar-refractivity contribution >= 4 is 32.6 Å². The van der Waals surface area contributed by atoms with Gasteiger partial charge in [0.05, 0.1) is 22.9 Å². The van der Waals surface area contributed by atoms with Crippen LogP contribution in [-0.2, 0) is 16.9 Å². The summed E-state index contributed by atoms with van der Waals surface area (Å²) >= 11 is 0. The molecule has 1 saturated heterocycles. The van der Waals surface area contributed by atoms with E-state index in [1.807, 2.05) is 36.7 Å². The standard InChI is InChI=1S/C21H23N7O3S/c1-13-25-16-9-14(6-7-17(16)26(13)2)20(29)27-8-4-5-15(11-27)19-18(32(3,30)31)10-22-21-23-12-24-28(19)21/h6-7,9-10,12,15H,4-5,8,11H2,1-3H3/t15-/m0/s1. The van der Waals surface area contributed by atoms with Gasteiger partial charge in [0, 0.05) is 37.9 Å². The molecule has 4 heterocycles. The molecule has 1 fully saturated rings. The third kappa shape index (κ3) is 3.32. The minimum Gasteiger partial charge on any atom is -0.338 e. The number of hydrogen-bond acceptors (Lipinski definition) is 7. The Morgan fingerprint density at radius 2 is 2.03 bits per heavy atom. The number of piperidine rings is 1. The Morgan fingerprint density at radius 3 is 2.81 bits per heavy atom. The first-order valence-corrected chi connectivity index (χ1v) is 12.2. The normalized spacial score (nSPS) is 17.3. The van der Waals surface area contributed by atoms with Crippen LogP contribution in [0, 0.1) is 6.92 Å². The molecule has 32 heavy (non-hydrogen) atoms. The number of fused-ring (bicyclic) bond motifs is 2. The number of aryl methyl sites for hydroxylation is 2. The van der Waals surface area contributed by atoms with Gasteiger partial charge in [0.15, 0.2) is 9.84 Å². The Labute approximate surface area is 184 Å². The highest BCUT2D eigenvalue weighted by molar-refractivity contribution is 7.90. The summed E-state index contributed by atoms with van der Waals surface area (Å²) in [5, 5.41) is 4.21. The zero-order valence-electron chi connectivity index (χ0n) is 18.1. The number of aromatic nitrogens is 6. The summed E-state index contributed by atoms with van der Waals surface area (Å²) in [6, 6.07) is 5.55. The largest absolute Gasteiger partial charge is 0.338 e. The Morgan fingerprint density at radius 1 is 1.22 bits per heavy atom. The van der Waals surface area contributed by atoms with Crippen LogP contribution in [0.4, 0.5) is 0 Å². The summed E-state index contributed by atoms with van der Waals surface area (Å²) in [4.78, 5) is 28.0. The molecule has 11 heteroatoms. The predicted octanol–water partition coefficient (Wildman–Crippen LogP) is 1.74. The number of carbonyl (C=O) groups is 1. The second kappa shape index (κ2) is 7.37. The summed E-state index contributed by atoms with van der Waals surface area (Å²) in [6.45, 7) is 2.92. The van der Waals surface area contributed by atoms with Crippen molar-refractivity contribution in [2.45, 2.75) is 30.6 Å². The number of nitrogens with zero attached hydrogens (tertiary/aromatic N) is 7. The topological polar surface area (TPSA) is 115 Å². The van der Waals surface area contributed by atoms with E-state index in [-0.39, 0.29) is 16.7 Å². The van der Waals surface area contributed by atoms with Crippen LogP contribution in [0.2, 0.25) is 0 Å². The van der Waals surface area contributed by atoms with E-state index >= 15 is 0 Å². The van der Waals surface area contributed by atoms with E-state index in [0.29, 0.717) is 30.1 Å². The third-order valence-corrected chi connectivity index (χ3v) is 7.27. The highest BCUT2D eigenvalue weighted by Gasteiger charge is 2.31. The fourth-order valence-electron chi connectivity index (χ4n) is 4.46. The Hall–Kier alpha value is -3.34. The highest BCUT2D eigenvalue weighted by Crippen LogP contribution is 2.32. The SMILES string of the molecule is Cc1nc2cc(C(=O)N3CCC[C@H](c4c(S(C)(=O)=O)cnc5ncnn45)C3)ccc2n1C. The molecule has 0 N–H and O–H groups in total. The number of imidazole rings is 1. The maximum Gasteiger partial charge on any atom is 0.253 e. The number of benzene rings is 1. The molecule has 5 rings (SSSR count). The van der Waals surface area contributed by atoms with Crippen molar-refractivity contribution in [1.82, 2.24) is 34.0 Å². The summed E-state index contributed by atoms with van der Waals surface area (Å²) in [7, 11) is -1.59. The maximum atomic E-state index is 13.3. The third-order valence-electron chi connectivity index (χ3n) is 6.15. The smallest absolute Gasteiger partial charge is 0.253 e. The van der Waals surface area contributed by atoms with Gasteiger partial charge in [-0.15, -0.1) is 0 Å². The van der Waals surface area contributed by atoms with E-state index in [1.165, 1.54) is 17.0 Å². The Bertz CT molecular complexity index is 1470. The fraction of sp³-hybridized carbons (Fsp3) is 0.381. The molecule has 10 nitrogen and oxygen atoms in total. The van der Waals surface area contributed by atoms with Gasteiger partial charge in [-0.1, -0.05) is 0 Å². The average Bonchev–Trinajstić information content (AvgIpc) is 3.36. The van der Waals surface area contributed by atoms with Crippen molar-refractivity contribution < 1.29 is 13.2 Å². The molecule has 1 aliphatic heterocycles. The second-order valence-corrected chi connectivity index (χ2v) is 10.2. The average molecular weight is 454 g/mol. The minimum absolute atomic E-state index is 0.0929. The maximum absolute atomic E-state index is 13.3. The summed E-state index contributed by atoms with van der Waals surface area (Å²) < 4.78 is 28.4. The molecular formula is C21H23N7O3S. The predicted molar refractivity (Wildman–Crippen MR) is 117 cm³/mol. The van der Waals surface area contributed by atoms with Gasteiger partial charge in [0.25, 0.3) is 11.7 Å². The van der Waals surface area contributed by atoms with Crippen LogP contribution < -0.4 is 0 Å². The lowest BCUT2D eigenvalue weighted by Gasteiger charge is -2.33. The summed E-state index contributed by atoms with van der Waals surface area (Å²) in [6.07, 6.45) is 5.35. The zero-order chi connectivity index (χ0) is 22.6. The molecule has 0 aliphatic carbocycles. The lowest BCUT2D eigenvalue weighted by molar-refractivity contribution is 0.0704. The van der Waals surface area contributed by atoms with Gasteiger partial charge >= 0.3 is 0 Å². The van der Waals surface area contributed by atoms with E-state index in [0.717, 1.165) is 36.0 Å². The number of likely N-dealkylation sites (tertiary alicyclic amines) is 1. The Balaban J connectivity index is 1.50. The van der Waals surface area contributed by atoms with Gasteiger partial charge < -0.3 is 9.47 Å². The molecule has 3 aromatic heterocycles. The van der Waals surface area contributed by atoms with Crippen LogP contribution in [0.25, 0.3) is 16.8 Å². The van der Waals surface area contributed by atoms with Crippen molar-refractivity contribution in [1.29, 1.82) is 0 Å². The van der Waals surface area contributed by atoms with Crippen molar-refractivity contribution in [3.63, 3.8) is 0 Å². The van der Waals surface area contributed by atoms with Crippen LogP contribution in [-0.4, -0.2) is 67.7 Å². The van der Waals surface area contributed by atoms with Gasteiger partial charge in [-0.2, -0.15) is 14.6 Å². The summed E-state index contributed by atoms with van der Waals surface area (Å²) in [5.41, 5.74) is 2.85. The van der Waals surface area contributed by atoms with E-state index in [9.17, 15) is 13.2 Å². The zero-order valence-corrected chi connectivity index (χ0v) is 18.9. The van der Waals surface area contributed by atoms with E-state index < -0.39 is 9.84 Å². The fourth-order valence-corrected chi connectivity index (χ4v) is 5.34. The number of rotatable bonds is 3. The first kappa shape index (κ1) is 20.6. The number of amides is 1. The molecule has 0 bridgehead atoms. The molecular weight excluding hydrogens is 430 g/mol. The quantitative estimate of drug-likeness (QED) is 0.464. The van der Waals surface area contributed by atoms with Crippen LogP contribution in [0.1, 0.15) is 40.6 Å².